The molecule has 0 unspecified atom stereocenters. The molecule has 1 aliphatic carbocycles. The molecule has 96 valence electrons. The van der Waals surface area contributed by atoms with Crippen molar-refractivity contribution in [3.8, 4) is 17.0 Å². The first kappa shape index (κ1) is 11.0. The van der Waals surface area contributed by atoms with Crippen LogP contribution in [0.15, 0.2) is 24.3 Å². The van der Waals surface area contributed by atoms with E-state index in [2.05, 4.69) is 4.98 Å². The Hall–Kier alpha value is -1.88. The quantitative estimate of drug-likeness (QED) is 0.866. The van der Waals surface area contributed by atoms with Crippen LogP contribution in [0.1, 0.15) is 27.5 Å². The minimum Gasteiger partial charge on any atom is -0.492 e. The van der Waals surface area contributed by atoms with Crippen LogP contribution in [0, 0.1) is 0 Å². The molecular weight excluding hydrogens is 260 g/mol. The molecule has 1 aromatic heterocycles. The van der Waals surface area contributed by atoms with E-state index in [9.17, 15) is 4.79 Å². The molecule has 2 aromatic rings. The summed E-state index contributed by atoms with van der Waals surface area (Å²) in [6, 6.07) is 7.84. The zero-order valence-electron chi connectivity index (χ0n) is 10.2. The predicted octanol–water partition coefficient (Wildman–Crippen LogP) is 2.33. The van der Waals surface area contributed by atoms with Crippen molar-refractivity contribution in [3.05, 3.63) is 34.2 Å². The van der Waals surface area contributed by atoms with Crippen LogP contribution in [0.25, 0.3) is 11.3 Å². The van der Waals surface area contributed by atoms with E-state index in [1.165, 1.54) is 11.3 Å². The SMILES string of the molecule is NC(=O)c1nc2c(s1)C1(CC1)COc1ccccc1-2. The van der Waals surface area contributed by atoms with E-state index in [-0.39, 0.29) is 5.41 Å². The Labute approximate surface area is 114 Å². The van der Waals surface area contributed by atoms with Crippen LogP contribution < -0.4 is 10.5 Å². The topological polar surface area (TPSA) is 65.2 Å². The van der Waals surface area contributed by atoms with E-state index in [4.69, 9.17) is 10.5 Å². The van der Waals surface area contributed by atoms with E-state index >= 15 is 0 Å². The lowest BCUT2D eigenvalue weighted by Gasteiger charge is -2.11. The molecule has 1 spiro atoms. The standard InChI is InChI=1S/C14H12N2O2S/c15-12(17)13-16-10-8-3-1-2-4-9(8)18-7-14(5-6-14)11(10)19-13/h1-4H,5-7H2,(H2,15,17). The van der Waals surface area contributed by atoms with E-state index in [1.54, 1.807) is 0 Å². The first-order valence-electron chi connectivity index (χ1n) is 6.23. The highest BCUT2D eigenvalue weighted by Crippen LogP contribution is 2.56. The fraction of sp³-hybridized carbons (Fsp3) is 0.286. The van der Waals surface area contributed by atoms with Gasteiger partial charge in [0, 0.05) is 15.9 Å². The van der Waals surface area contributed by atoms with Crippen LogP contribution in [-0.2, 0) is 5.41 Å². The molecule has 2 heterocycles. The van der Waals surface area contributed by atoms with Gasteiger partial charge in [-0.15, -0.1) is 11.3 Å². The maximum atomic E-state index is 11.4. The van der Waals surface area contributed by atoms with Gasteiger partial charge in [-0.25, -0.2) is 4.98 Å². The average Bonchev–Trinajstić information content (AvgIpc) is 3.09. The highest BCUT2D eigenvalue weighted by atomic mass is 32.1. The summed E-state index contributed by atoms with van der Waals surface area (Å²) in [5, 5.41) is 0.396. The van der Waals surface area contributed by atoms with Gasteiger partial charge in [-0.05, 0) is 25.0 Å². The minimum atomic E-state index is -0.452. The number of aromatic nitrogens is 1. The summed E-state index contributed by atoms with van der Waals surface area (Å²) in [6.07, 6.45) is 2.18. The third-order valence-corrected chi connectivity index (χ3v) is 5.14. The van der Waals surface area contributed by atoms with Crippen molar-refractivity contribution in [2.45, 2.75) is 18.3 Å². The van der Waals surface area contributed by atoms with Gasteiger partial charge in [0.2, 0.25) is 0 Å². The van der Waals surface area contributed by atoms with E-state index in [0.717, 1.165) is 34.7 Å². The van der Waals surface area contributed by atoms with Crippen molar-refractivity contribution in [2.24, 2.45) is 5.73 Å². The number of ether oxygens (including phenoxy) is 1. The van der Waals surface area contributed by atoms with Gasteiger partial charge in [0.05, 0.1) is 12.3 Å². The maximum Gasteiger partial charge on any atom is 0.277 e. The Bertz CT molecular complexity index is 689. The number of para-hydroxylation sites is 1. The molecule has 2 aliphatic rings. The molecule has 0 atom stereocenters. The summed E-state index contributed by atoms with van der Waals surface area (Å²) in [4.78, 5) is 17.0. The zero-order chi connectivity index (χ0) is 13.0. The molecule has 1 amide bonds. The number of carbonyl (C=O) groups excluding carboxylic acids is 1. The lowest BCUT2D eigenvalue weighted by Crippen LogP contribution is -2.15. The number of rotatable bonds is 1. The van der Waals surface area contributed by atoms with Crippen molar-refractivity contribution in [2.75, 3.05) is 6.61 Å². The molecule has 1 fully saturated rings. The Morgan fingerprint density at radius 2 is 2.16 bits per heavy atom. The molecule has 4 rings (SSSR count). The number of hydrogen-bond acceptors (Lipinski definition) is 4. The third-order valence-electron chi connectivity index (χ3n) is 3.82. The molecule has 0 radical (unpaired) electrons. The fourth-order valence-corrected chi connectivity index (χ4v) is 3.72. The van der Waals surface area contributed by atoms with Gasteiger partial charge >= 0.3 is 0 Å². The Balaban J connectivity index is 1.99. The second kappa shape index (κ2) is 3.57. The maximum absolute atomic E-state index is 11.4. The number of nitrogens with two attached hydrogens (primary N) is 1. The number of benzene rings is 1. The smallest absolute Gasteiger partial charge is 0.277 e. The summed E-state index contributed by atoms with van der Waals surface area (Å²) in [5.41, 5.74) is 7.27. The van der Waals surface area contributed by atoms with Crippen molar-refractivity contribution in [1.29, 1.82) is 0 Å². The van der Waals surface area contributed by atoms with Gasteiger partial charge in [-0.3, -0.25) is 4.79 Å². The number of primary amides is 1. The fourth-order valence-electron chi connectivity index (χ4n) is 2.56. The van der Waals surface area contributed by atoms with E-state index in [0.29, 0.717) is 11.6 Å². The molecule has 2 N–H and O–H groups in total. The lowest BCUT2D eigenvalue weighted by molar-refractivity contribution is 0.1000. The Morgan fingerprint density at radius 3 is 2.89 bits per heavy atom. The molecule has 4 nitrogen and oxygen atoms in total. The first-order valence-corrected chi connectivity index (χ1v) is 7.05. The van der Waals surface area contributed by atoms with Crippen LogP contribution in [0.2, 0.25) is 0 Å². The van der Waals surface area contributed by atoms with Crippen molar-refractivity contribution in [1.82, 2.24) is 4.98 Å². The monoisotopic (exact) mass is 272 g/mol. The summed E-state index contributed by atoms with van der Waals surface area (Å²) >= 11 is 1.42. The van der Waals surface area contributed by atoms with Gasteiger partial charge in [-0.2, -0.15) is 0 Å². The van der Waals surface area contributed by atoms with Crippen molar-refractivity contribution < 1.29 is 9.53 Å². The van der Waals surface area contributed by atoms with Crippen LogP contribution in [0.5, 0.6) is 5.75 Å². The molecule has 1 saturated carbocycles. The predicted molar refractivity (Wildman–Crippen MR) is 72.5 cm³/mol. The summed E-state index contributed by atoms with van der Waals surface area (Å²) < 4.78 is 5.92. The normalized spacial score (nSPS) is 18.1. The first-order chi connectivity index (χ1) is 9.20. The van der Waals surface area contributed by atoms with Gasteiger partial charge < -0.3 is 10.5 Å². The molecule has 19 heavy (non-hydrogen) atoms. The molecule has 5 heteroatoms. The molecule has 1 aromatic carbocycles. The average molecular weight is 272 g/mol. The van der Waals surface area contributed by atoms with Crippen molar-refractivity contribution >= 4 is 17.2 Å². The van der Waals surface area contributed by atoms with Gasteiger partial charge in [0.1, 0.15) is 5.75 Å². The number of fused-ring (bicyclic) bond motifs is 4. The van der Waals surface area contributed by atoms with Crippen molar-refractivity contribution in [3.63, 3.8) is 0 Å². The molecule has 0 saturated heterocycles. The largest absolute Gasteiger partial charge is 0.492 e. The van der Waals surface area contributed by atoms with Gasteiger partial charge in [-0.1, -0.05) is 12.1 Å². The summed E-state index contributed by atoms with van der Waals surface area (Å²) in [5.74, 6) is 0.390. The summed E-state index contributed by atoms with van der Waals surface area (Å²) in [6.45, 7) is 0.664. The zero-order valence-corrected chi connectivity index (χ0v) is 11.0. The second-order valence-corrected chi connectivity index (χ2v) is 6.13. The second-order valence-electron chi connectivity index (χ2n) is 5.13. The van der Waals surface area contributed by atoms with Crippen LogP contribution in [0.4, 0.5) is 0 Å². The number of thiazole rings is 1. The number of carbonyl (C=O) groups is 1. The van der Waals surface area contributed by atoms with E-state index in [1.807, 2.05) is 24.3 Å². The lowest BCUT2D eigenvalue weighted by atomic mass is 10.0. The number of hydrogen-bond donors (Lipinski definition) is 1. The number of amides is 1. The van der Waals surface area contributed by atoms with Crippen LogP contribution >= 0.6 is 11.3 Å². The van der Waals surface area contributed by atoms with Gasteiger partial charge in [0.15, 0.2) is 5.01 Å². The highest BCUT2D eigenvalue weighted by Gasteiger charge is 2.50. The molecule has 1 aliphatic heterocycles. The van der Waals surface area contributed by atoms with E-state index < -0.39 is 5.91 Å². The highest BCUT2D eigenvalue weighted by molar-refractivity contribution is 7.14. The minimum absolute atomic E-state index is 0.0553. The molecule has 0 bridgehead atoms. The Kier molecular flexibility index (Phi) is 2.07. The number of nitrogens with zero attached hydrogens (tertiary/aromatic N) is 1. The molecular formula is C14H12N2O2S. The van der Waals surface area contributed by atoms with Crippen LogP contribution in [0.3, 0.4) is 0 Å². The third kappa shape index (κ3) is 1.51. The Morgan fingerprint density at radius 1 is 1.37 bits per heavy atom. The van der Waals surface area contributed by atoms with Crippen LogP contribution in [-0.4, -0.2) is 17.5 Å². The van der Waals surface area contributed by atoms with Gasteiger partial charge in [0.25, 0.3) is 5.91 Å². The summed E-state index contributed by atoms with van der Waals surface area (Å²) in [7, 11) is 0.